The van der Waals surface area contributed by atoms with Gasteiger partial charge in [-0.3, -0.25) is 0 Å². The van der Waals surface area contributed by atoms with E-state index < -0.39 is 29.1 Å². The molecule has 0 saturated heterocycles. The lowest BCUT2D eigenvalue weighted by molar-refractivity contribution is 0.208. The maximum atomic E-state index is 13.8. The average Bonchev–Trinajstić information content (AvgIpc) is 2.37. The van der Waals surface area contributed by atoms with Gasteiger partial charge in [0.1, 0.15) is 23.6 Å². The van der Waals surface area contributed by atoms with Gasteiger partial charge in [-0.05, 0) is 52.2 Å². The molecule has 100 valence electrons. The Morgan fingerprint density at radius 1 is 1.05 bits per heavy atom. The molecule has 0 spiro atoms. The Morgan fingerprint density at radius 3 is 2.37 bits per heavy atom. The molecule has 2 aromatic carbocycles. The van der Waals surface area contributed by atoms with Crippen LogP contribution in [0.2, 0.25) is 0 Å². The molecule has 0 saturated carbocycles. The summed E-state index contributed by atoms with van der Waals surface area (Å²) in [5.41, 5.74) is -0.0113. The van der Waals surface area contributed by atoms with Crippen LogP contribution in [-0.2, 0) is 0 Å². The molecule has 0 aliphatic carbocycles. The summed E-state index contributed by atoms with van der Waals surface area (Å²) >= 11 is 2.92. The lowest BCUT2D eigenvalue weighted by atomic mass is 9.99. The van der Waals surface area contributed by atoms with Crippen LogP contribution in [0.15, 0.2) is 34.8 Å². The lowest BCUT2D eigenvalue weighted by Gasteiger charge is -2.14. The van der Waals surface area contributed by atoms with Gasteiger partial charge in [0.05, 0.1) is 10.0 Å². The highest BCUT2D eigenvalue weighted by Crippen LogP contribution is 2.31. The van der Waals surface area contributed by atoms with Crippen LogP contribution in [0.1, 0.15) is 22.8 Å². The number of aliphatic hydroxyl groups is 1. The molecule has 2 rings (SSSR count). The second-order valence-corrected chi connectivity index (χ2v) is 5.02. The molecule has 1 atom stereocenters. The summed E-state index contributed by atoms with van der Waals surface area (Å²) in [5, 5.41) is 10.0. The number of aliphatic hydroxyl groups excluding tert-OH is 1. The van der Waals surface area contributed by atoms with E-state index in [0.29, 0.717) is 5.56 Å². The Labute approximate surface area is 116 Å². The highest BCUT2D eigenvalue weighted by atomic mass is 79.9. The molecule has 19 heavy (non-hydrogen) atoms. The largest absolute Gasteiger partial charge is 0.383 e. The first-order valence-corrected chi connectivity index (χ1v) is 6.28. The molecule has 0 aliphatic heterocycles. The van der Waals surface area contributed by atoms with E-state index in [-0.39, 0.29) is 10.0 Å². The molecule has 0 aromatic heterocycles. The zero-order valence-corrected chi connectivity index (χ0v) is 11.5. The van der Waals surface area contributed by atoms with Crippen LogP contribution in [-0.4, -0.2) is 5.11 Å². The van der Waals surface area contributed by atoms with Crippen molar-refractivity contribution in [2.24, 2.45) is 0 Å². The van der Waals surface area contributed by atoms with E-state index in [4.69, 9.17) is 0 Å². The number of benzene rings is 2. The van der Waals surface area contributed by atoms with Gasteiger partial charge in [0.15, 0.2) is 0 Å². The minimum absolute atomic E-state index is 0.0375. The van der Waals surface area contributed by atoms with Crippen molar-refractivity contribution in [3.8, 4) is 0 Å². The summed E-state index contributed by atoms with van der Waals surface area (Å²) in [6.45, 7) is 1.56. The van der Waals surface area contributed by atoms with Crippen molar-refractivity contribution in [1.82, 2.24) is 0 Å². The van der Waals surface area contributed by atoms with Crippen molar-refractivity contribution in [2.45, 2.75) is 13.0 Å². The van der Waals surface area contributed by atoms with Crippen LogP contribution >= 0.6 is 15.9 Å². The molecule has 1 nitrogen and oxygen atoms in total. The van der Waals surface area contributed by atoms with Gasteiger partial charge in [0.2, 0.25) is 0 Å². The minimum Gasteiger partial charge on any atom is -0.383 e. The van der Waals surface area contributed by atoms with Crippen molar-refractivity contribution in [3.05, 3.63) is 68.9 Å². The molecule has 0 bridgehead atoms. The predicted octanol–water partition coefficient (Wildman–Crippen LogP) is 4.26. The first-order valence-electron chi connectivity index (χ1n) is 5.49. The molecule has 1 unspecified atom stereocenters. The summed E-state index contributed by atoms with van der Waals surface area (Å²) in [5.74, 6) is -2.31. The van der Waals surface area contributed by atoms with Crippen molar-refractivity contribution in [3.63, 3.8) is 0 Å². The average molecular weight is 331 g/mol. The molecule has 1 N–H and O–H groups in total. The summed E-state index contributed by atoms with van der Waals surface area (Å²) in [7, 11) is 0. The smallest absolute Gasteiger partial charge is 0.146 e. The van der Waals surface area contributed by atoms with Gasteiger partial charge < -0.3 is 5.11 Å². The van der Waals surface area contributed by atoms with Gasteiger partial charge in [0, 0.05) is 0 Å². The van der Waals surface area contributed by atoms with E-state index in [1.54, 1.807) is 6.92 Å². The topological polar surface area (TPSA) is 20.2 Å². The van der Waals surface area contributed by atoms with Crippen LogP contribution in [0.25, 0.3) is 0 Å². The molecular formula is C14H10BrF3O. The van der Waals surface area contributed by atoms with Crippen molar-refractivity contribution in [1.29, 1.82) is 0 Å². The highest BCUT2D eigenvalue weighted by Gasteiger charge is 2.22. The molecule has 5 heteroatoms. The van der Waals surface area contributed by atoms with Gasteiger partial charge in [-0.2, -0.15) is 0 Å². The van der Waals surface area contributed by atoms with Gasteiger partial charge in [-0.1, -0.05) is 12.1 Å². The standard InChI is InChI=1S/C14H10BrF3O/c1-7-2-3-8(6-11(7)17)14(19)12-10(16)5-4-9(15)13(12)18/h2-6,14,19H,1H3. The summed E-state index contributed by atoms with van der Waals surface area (Å²) < 4.78 is 40.9. The number of aryl methyl sites for hydroxylation is 1. The van der Waals surface area contributed by atoms with Gasteiger partial charge >= 0.3 is 0 Å². The fourth-order valence-electron chi connectivity index (χ4n) is 1.74. The van der Waals surface area contributed by atoms with E-state index in [1.807, 2.05) is 0 Å². The zero-order valence-electron chi connectivity index (χ0n) is 9.92. The minimum atomic E-state index is -1.56. The molecule has 0 fully saturated rings. The Balaban J connectivity index is 2.52. The quantitative estimate of drug-likeness (QED) is 0.816. The Morgan fingerprint density at radius 2 is 1.74 bits per heavy atom. The number of hydrogen-bond donors (Lipinski definition) is 1. The van der Waals surface area contributed by atoms with E-state index in [1.165, 1.54) is 18.2 Å². The zero-order chi connectivity index (χ0) is 14.2. The van der Waals surface area contributed by atoms with Crippen LogP contribution < -0.4 is 0 Å². The fraction of sp³-hybridized carbons (Fsp3) is 0.143. The third-order valence-electron chi connectivity index (χ3n) is 2.86. The molecular weight excluding hydrogens is 321 g/mol. The van der Waals surface area contributed by atoms with E-state index in [2.05, 4.69) is 15.9 Å². The van der Waals surface area contributed by atoms with Gasteiger partial charge in [-0.25, -0.2) is 13.2 Å². The summed E-state index contributed by atoms with van der Waals surface area (Å²) in [6.07, 6.45) is -1.56. The summed E-state index contributed by atoms with van der Waals surface area (Å²) in [4.78, 5) is 0. The maximum absolute atomic E-state index is 13.8. The maximum Gasteiger partial charge on any atom is 0.146 e. The predicted molar refractivity (Wildman–Crippen MR) is 69.3 cm³/mol. The Bertz CT molecular complexity index is 628. The molecule has 0 amide bonds. The third kappa shape index (κ3) is 2.67. The van der Waals surface area contributed by atoms with Crippen LogP contribution in [0.3, 0.4) is 0 Å². The number of rotatable bonds is 2. The number of halogens is 4. The third-order valence-corrected chi connectivity index (χ3v) is 3.48. The van der Waals surface area contributed by atoms with Crippen molar-refractivity contribution < 1.29 is 18.3 Å². The van der Waals surface area contributed by atoms with Crippen molar-refractivity contribution >= 4 is 15.9 Å². The van der Waals surface area contributed by atoms with E-state index in [0.717, 1.165) is 12.1 Å². The lowest BCUT2D eigenvalue weighted by Crippen LogP contribution is -2.07. The van der Waals surface area contributed by atoms with Crippen LogP contribution in [0.4, 0.5) is 13.2 Å². The SMILES string of the molecule is Cc1ccc(C(O)c2c(F)ccc(Br)c2F)cc1F. The molecule has 0 heterocycles. The van der Waals surface area contributed by atoms with Crippen molar-refractivity contribution in [2.75, 3.05) is 0 Å². The normalized spacial score (nSPS) is 12.5. The Kier molecular flexibility index (Phi) is 3.96. The molecule has 0 aliphatic rings. The van der Waals surface area contributed by atoms with Crippen LogP contribution in [0.5, 0.6) is 0 Å². The molecule has 2 aromatic rings. The first-order chi connectivity index (χ1) is 8.91. The van der Waals surface area contributed by atoms with E-state index >= 15 is 0 Å². The van der Waals surface area contributed by atoms with Gasteiger partial charge in [0.25, 0.3) is 0 Å². The monoisotopic (exact) mass is 330 g/mol. The summed E-state index contributed by atoms with van der Waals surface area (Å²) in [6, 6.07) is 6.19. The second-order valence-electron chi connectivity index (χ2n) is 4.17. The highest BCUT2D eigenvalue weighted by molar-refractivity contribution is 9.10. The number of hydrogen-bond acceptors (Lipinski definition) is 1. The van der Waals surface area contributed by atoms with Gasteiger partial charge in [-0.15, -0.1) is 0 Å². The van der Waals surface area contributed by atoms with E-state index in [9.17, 15) is 18.3 Å². The second kappa shape index (κ2) is 5.35. The fourth-order valence-corrected chi connectivity index (χ4v) is 2.09. The molecule has 0 radical (unpaired) electrons. The Hall–Kier alpha value is -1.33. The van der Waals surface area contributed by atoms with Crippen LogP contribution in [0, 0.1) is 24.4 Å². The first kappa shape index (κ1) is 14.1.